The van der Waals surface area contributed by atoms with Gasteiger partial charge in [0.2, 0.25) is 0 Å². The van der Waals surface area contributed by atoms with Gasteiger partial charge in [-0.1, -0.05) is 47.6 Å². The topological polar surface area (TPSA) is 78.9 Å². The molecule has 42 heavy (non-hydrogen) atoms. The number of nitrogens with zero attached hydrogens (tertiary/aromatic N) is 5. The van der Waals surface area contributed by atoms with E-state index in [2.05, 4.69) is 22.8 Å². The number of piperazine rings is 1. The number of esters is 1. The molecule has 1 aromatic heterocycles. The van der Waals surface area contributed by atoms with Crippen LogP contribution < -0.4 is 9.80 Å². The number of rotatable bonds is 8. The van der Waals surface area contributed by atoms with E-state index in [-0.39, 0.29) is 17.8 Å². The Morgan fingerprint density at radius 1 is 0.976 bits per heavy atom. The van der Waals surface area contributed by atoms with Gasteiger partial charge in [-0.25, -0.2) is 9.97 Å². The van der Waals surface area contributed by atoms with Crippen molar-refractivity contribution in [3.8, 4) is 0 Å². The van der Waals surface area contributed by atoms with Crippen LogP contribution in [0.5, 0.6) is 0 Å². The van der Waals surface area contributed by atoms with Crippen molar-refractivity contribution in [3.63, 3.8) is 0 Å². The maximum absolute atomic E-state index is 13.1. The van der Waals surface area contributed by atoms with E-state index < -0.39 is 0 Å². The second-order valence-electron chi connectivity index (χ2n) is 10.8. The summed E-state index contributed by atoms with van der Waals surface area (Å²) in [6.07, 6.45) is 1.57. The fraction of sp³-hybridized carbons (Fsp3) is 0.438. The lowest BCUT2D eigenvalue weighted by Gasteiger charge is -2.37. The van der Waals surface area contributed by atoms with Crippen LogP contribution in [0, 0.1) is 19.8 Å². The molecule has 8 nitrogen and oxygen atoms in total. The van der Waals surface area contributed by atoms with Crippen LogP contribution in [0.1, 0.15) is 46.9 Å². The molecule has 2 saturated heterocycles. The van der Waals surface area contributed by atoms with Gasteiger partial charge in [-0.2, -0.15) is 0 Å². The first kappa shape index (κ1) is 30.2. The molecule has 3 aromatic rings. The highest BCUT2D eigenvalue weighted by molar-refractivity contribution is 7.98. The molecule has 2 fully saturated rings. The first-order valence-electron chi connectivity index (χ1n) is 14.6. The summed E-state index contributed by atoms with van der Waals surface area (Å²) in [5.41, 5.74) is 4.90. The molecule has 10 heteroatoms. The standard InChI is InChI=1S/C32H38ClN5O3S/c1-4-41-31(40)26-8-7-15-38(20-26)30(39)25-13-11-24(12-14-25)21-42-32-34-23(3)22(2)29(35-32)37-18-16-36(17-19-37)28-10-6-5-9-27(28)33/h5-6,9-14,26H,4,7-8,15-21H2,1-3H3. The molecule has 2 aliphatic heterocycles. The third-order valence-electron chi connectivity index (χ3n) is 8.01. The summed E-state index contributed by atoms with van der Waals surface area (Å²) >= 11 is 8.04. The highest BCUT2D eigenvalue weighted by atomic mass is 35.5. The van der Waals surface area contributed by atoms with Crippen molar-refractivity contribution in [1.82, 2.24) is 14.9 Å². The molecule has 2 aromatic carbocycles. The number of anilines is 2. The lowest BCUT2D eigenvalue weighted by molar-refractivity contribution is -0.149. The van der Waals surface area contributed by atoms with Gasteiger partial charge in [-0.05, 0) is 63.4 Å². The molecular formula is C32H38ClN5O3S. The molecule has 0 saturated carbocycles. The normalized spacial score (nSPS) is 17.3. The molecule has 1 unspecified atom stereocenters. The lowest BCUT2D eigenvalue weighted by Crippen LogP contribution is -2.47. The van der Waals surface area contributed by atoms with E-state index >= 15 is 0 Å². The van der Waals surface area contributed by atoms with E-state index in [0.717, 1.165) is 77.5 Å². The Labute approximate surface area is 257 Å². The van der Waals surface area contributed by atoms with E-state index in [1.807, 2.05) is 49.4 Å². The Balaban J connectivity index is 1.19. The van der Waals surface area contributed by atoms with Gasteiger partial charge in [0.25, 0.3) is 5.91 Å². The zero-order valence-corrected chi connectivity index (χ0v) is 26.1. The number of benzene rings is 2. The van der Waals surface area contributed by atoms with Crippen LogP contribution in [-0.4, -0.2) is 72.6 Å². The Kier molecular flexibility index (Phi) is 9.90. The van der Waals surface area contributed by atoms with Gasteiger partial charge in [-0.15, -0.1) is 0 Å². The third kappa shape index (κ3) is 7.01. The zero-order chi connectivity index (χ0) is 29.6. The summed E-state index contributed by atoms with van der Waals surface area (Å²) in [5, 5.41) is 1.53. The number of ether oxygens (including phenoxy) is 1. The highest BCUT2D eigenvalue weighted by Gasteiger charge is 2.30. The van der Waals surface area contributed by atoms with E-state index in [9.17, 15) is 9.59 Å². The van der Waals surface area contributed by atoms with E-state index in [0.29, 0.717) is 31.0 Å². The maximum Gasteiger partial charge on any atom is 0.310 e. The Bertz CT molecular complexity index is 1410. The largest absolute Gasteiger partial charge is 0.466 e. The fourth-order valence-electron chi connectivity index (χ4n) is 5.52. The van der Waals surface area contributed by atoms with Crippen LogP contribution in [0.4, 0.5) is 11.5 Å². The van der Waals surface area contributed by atoms with Crippen molar-refractivity contribution in [2.45, 2.75) is 44.5 Å². The first-order valence-corrected chi connectivity index (χ1v) is 16.0. The summed E-state index contributed by atoms with van der Waals surface area (Å²) in [6.45, 7) is 10.8. The number of halogens is 1. The van der Waals surface area contributed by atoms with Gasteiger partial charge in [0.05, 0.1) is 23.2 Å². The minimum Gasteiger partial charge on any atom is -0.466 e. The summed E-state index contributed by atoms with van der Waals surface area (Å²) in [5.74, 6) is 1.20. The molecule has 1 atom stereocenters. The molecule has 0 spiro atoms. The molecule has 0 N–H and O–H groups in total. The number of piperidine rings is 1. The Morgan fingerprint density at radius 2 is 1.69 bits per heavy atom. The van der Waals surface area contributed by atoms with E-state index in [1.165, 1.54) is 0 Å². The molecule has 3 heterocycles. The Hall–Kier alpha value is -3.30. The van der Waals surface area contributed by atoms with E-state index in [4.69, 9.17) is 26.3 Å². The first-order chi connectivity index (χ1) is 20.3. The molecule has 2 aliphatic rings. The highest BCUT2D eigenvalue weighted by Crippen LogP contribution is 2.30. The molecule has 1 amide bonds. The lowest BCUT2D eigenvalue weighted by atomic mass is 9.97. The van der Waals surface area contributed by atoms with Crippen LogP contribution in [0.2, 0.25) is 5.02 Å². The van der Waals surface area contributed by atoms with E-state index in [1.54, 1.807) is 23.6 Å². The summed E-state index contributed by atoms with van der Waals surface area (Å²) in [6, 6.07) is 15.7. The maximum atomic E-state index is 13.1. The minimum atomic E-state index is -0.243. The second kappa shape index (κ2) is 13.8. The second-order valence-corrected chi connectivity index (χ2v) is 12.1. The van der Waals surface area contributed by atoms with Crippen LogP contribution in [0.3, 0.4) is 0 Å². The minimum absolute atomic E-state index is 0.0417. The van der Waals surface area contributed by atoms with Crippen molar-refractivity contribution >= 4 is 46.7 Å². The molecule has 0 aliphatic carbocycles. The number of carbonyl (C=O) groups is 2. The summed E-state index contributed by atoms with van der Waals surface area (Å²) in [7, 11) is 0. The van der Waals surface area contributed by atoms with Crippen molar-refractivity contribution in [2.24, 2.45) is 5.92 Å². The number of aromatic nitrogens is 2. The summed E-state index contributed by atoms with van der Waals surface area (Å²) < 4.78 is 5.18. The molecular weight excluding hydrogens is 570 g/mol. The molecule has 0 radical (unpaired) electrons. The number of amides is 1. The van der Waals surface area contributed by atoms with Crippen LogP contribution in [-0.2, 0) is 15.3 Å². The summed E-state index contributed by atoms with van der Waals surface area (Å²) in [4.78, 5) is 41.5. The van der Waals surface area contributed by atoms with Crippen molar-refractivity contribution in [1.29, 1.82) is 0 Å². The number of hydrogen-bond donors (Lipinski definition) is 0. The van der Waals surface area contributed by atoms with Crippen LogP contribution >= 0.6 is 23.4 Å². The van der Waals surface area contributed by atoms with Gasteiger partial charge in [0, 0.05) is 61.8 Å². The average molecular weight is 608 g/mol. The van der Waals surface area contributed by atoms with Crippen molar-refractivity contribution in [3.05, 3.63) is 75.9 Å². The number of likely N-dealkylation sites (tertiary alicyclic amines) is 1. The van der Waals surface area contributed by atoms with Crippen molar-refractivity contribution < 1.29 is 14.3 Å². The number of carbonyl (C=O) groups excluding carboxylic acids is 2. The van der Waals surface area contributed by atoms with Gasteiger partial charge in [0.1, 0.15) is 5.82 Å². The molecule has 0 bridgehead atoms. The number of hydrogen-bond acceptors (Lipinski definition) is 8. The number of aryl methyl sites for hydroxylation is 1. The van der Waals surface area contributed by atoms with Gasteiger partial charge in [0.15, 0.2) is 5.16 Å². The SMILES string of the molecule is CCOC(=O)C1CCCN(C(=O)c2ccc(CSc3nc(C)c(C)c(N4CCN(c5ccccc5Cl)CC4)n3)cc2)C1. The molecule has 222 valence electrons. The zero-order valence-electron chi connectivity index (χ0n) is 24.5. The van der Waals surface area contributed by atoms with Gasteiger partial charge in [-0.3, -0.25) is 9.59 Å². The van der Waals surface area contributed by atoms with Gasteiger partial charge >= 0.3 is 5.97 Å². The van der Waals surface area contributed by atoms with Crippen LogP contribution in [0.15, 0.2) is 53.7 Å². The third-order valence-corrected chi connectivity index (χ3v) is 9.25. The number of thioether (sulfide) groups is 1. The van der Waals surface area contributed by atoms with Gasteiger partial charge < -0.3 is 19.4 Å². The predicted molar refractivity (Wildman–Crippen MR) is 169 cm³/mol. The predicted octanol–water partition coefficient (Wildman–Crippen LogP) is 5.78. The Morgan fingerprint density at radius 3 is 2.40 bits per heavy atom. The average Bonchev–Trinajstić information content (AvgIpc) is 3.02. The van der Waals surface area contributed by atoms with Crippen LogP contribution in [0.25, 0.3) is 0 Å². The smallest absolute Gasteiger partial charge is 0.310 e. The number of para-hydroxylation sites is 1. The fourth-order valence-corrected chi connectivity index (χ4v) is 6.61. The van der Waals surface area contributed by atoms with Crippen molar-refractivity contribution in [2.75, 3.05) is 55.7 Å². The quantitative estimate of drug-likeness (QED) is 0.181. The molecule has 5 rings (SSSR count). The monoisotopic (exact) mass is 607 g/mol.